The number of aromatic nitrogens is 2. The normalized spacial score (nSPS) is 18.6. The van der Waals surface area contributed by atoms with E-state index in [-0.39, 0.29) is 31.2 Å². The average Bonchev–Trinajstić information content (AvgIpc) is 2.47. The lowest BCUT2D eigenvalue weighted by Gasteiger charge is -2.32. The van der Waals surface area contributed by atoms with Crippen LogP contribution >= 0.6 is 0 Å². The molecule has 7 heteroatoms. The maximum atomic E-state index is 12.0. The van der Waals surface area contributed by atoms with E-state index in [2.05, 4.69) is 22.2 Å². The lowest BCUT2D eigenvalue weighted by Crippen LogP contribution is -2.37. The van der Waals surface area contributed by atoms with E-state index >= 15 is 0 Å². The summed E-state index contributed by atoms with van der Waals surface area (Å²) in [6.45, 7) is 3.99. The maximum absolute atomic E-state index is 12.0. The Morgan fingerprint density at radius 3 is 3.05 bits per heavy atom. The third kappa shape index (κ3) is 4.29. The number of amides is 1. The number of aliphatic hydroxyl groups is 1. The molecule has 1 amide bonds. The fourth-order valence-electron chi connectivity index (χ4n) is 2.53. The molecule has 0 spiro atoms. The van der Waals surface area contributed by atoms with E-state index in [1.54, 1.807) is 6.20 Å². The molecule has 116 valence electrons. The molecule has 1 aromatic heterocycles. The van der Waals surface area contributed by atoms with E-state index in [1.165, 1.54) is 12.5 Å². The monoisotopic (exact) mass is 294 g/mol. The van der Waals surface area contributed by atoms with Crippen molar-refractivity contribution >= 4 is 11.6 Å². The van der Waals surface area contributed by atoms with Crippen LogP contribution in [0.15, 0.2) is 17.1 Å². The van der Waals surface area contributed by atoms with E-state index in [0.717, 1.165) is 29.9 Å². The van der Waals surface area contributed by atoms with Crippen LogP contribution in [-0.4, -0.2) is 47.0 Å². The number of anilines is 1. The molecule has 0 bridgehead atoms. The summed E-state index contributed by atoms with van der Waals surface area (Å²) in [5.74, 6) is 0.281. The Hall–Kier alpha value is -1.89. The first-order valence-corrected chi connectivity index (χ1v) is 7.30. The number of hydrogen-bond donors (Lipinski definition) is 2. The first-order chi connectivity index (χ1) is 10.1. The fourth-order valence-corrected chi connectivity index (χ4v) is 2.53. The molecule has 7 nitrogen and oxygen atoms in total. The van der Waals surface area contributed by atoms with Crippen LogP contribution in [0.3, 0.4) is 0 Å². The summed E-state index contributed by atoms with van der Waals surface area (Å²) >= 11 is 0. The molecule has 0 radical (unpaired) electrons. The minimum Gasteiger partial charge on any atom is -0.395 e. The Kier molecular flexibility index (Phi) is 5.32. The SMILES string of the molecule is CC1CCCN(c2cnn(CC(=O)NCCO)c(=O)c2)C1. The van der Waals surface area contributed by atoms with Gasteiger partial charge in [-0.05, 0) is 18.8 Å². The molecule has 1 aromatic rings. The molecule has 2 heterocycles. The highest BCUT2D eigenvalue weighted by Gasteiger charge is 2.17. The number of nitrogens with zero attached hydrogens (tertiary/aromatic N) is 3. The van der Waals surface area contributed by atoms with Crippen LogP contribution in [0.5, 0.6) is 0 Å². The highest BCUT2D eigenvalue weighted by Crippen LogP contribution is 2.20. The van der Waals surface area contributed by atoms with Gasteiger partial charge in [-0.2, -0.15) is 5.10 Å². The second-order valence-corrected chi connectivity index (χ2v) is 5.48. The maximum Gasteiger partial charge on any atom is 0.269 e. The van der Waals surface area contributed by atoms with Crippen molar-refractivity contribution in [3.05, 3.63) is 22.6 Å². The van der Waals surface area contributed by atoms with Gasteiger partial charge in [-0.15, -0.1) is 0 Å². The Morgan fingerprint density at radius 1 is 1.57 bits per heavy atom. The van der Waals surface area contributed by atoms with E-state index in [4.69, 9.17) is 5.11 Å². The largest absolute Gasteiger partial charge is 0.395 e. The van der Waals surface area contributed by atoms with Gasteiger partial charge in [-0.1, -0.05) is 6.92 Å². The van der Waals surface area contributed by atoms with Crippen molar-refractivity contribution in [1.29, 1.82) is 0 Å². The molecular weight excluding hydrogens is 272 g/mol. The van der Waals surface area contributed by atoms with Crippen molar-refractivity contribution in [2.45, 2.75) is 26.3 Å². The Labute approximate surface area is 123 Å². The molecular formula is C14H22N4O3. The summed E-state index contributed by atoms with van der Waals surface area (Å²) in [4.78, 5) is 25.7. The highest BCUT2D eigenvalue weighted by molar-refractivity contribution is 5.75. The average molecular weight is 294 g/mol. The van der Waals surface area contributed by atoms with Crippen LogP contribution in [0.25, 0.3) is 0 Å². The van der Waals surface area contributed by atoms with Crippen molar-refractivity contribution in [1.82, 2.24) is 15.1 Å². The molecule has 1 fully saturated rings. The molecule has 1 saturated heterocycles. The topological polar surface area (TPSA) is 87.5 Å². The molecule has 1 unspecified atom stereocenters. The molecule has 1 aliphatic rings. The van der Waals surface area contributed by atoms with Gasteiger partial charge in [0.15, 0.2) is 0 Å². The van der Waals surface area contributed by atoms with Crippen LogP contribution in [0.1, 0.15) is 19.8 Å². The lowest BCUT2D eigenvalue weighted by molar-refractivity contribution is -0.122. The summed E-state index contributed by atoms with van der Waals surface area (Å²) in [5, 5.41) is 15.2. The standard InChI is InChI=1S/C14H22N4O3/c1-11-3-2-5-17(9-11)12-7-14(21)18(16-8-12)10-13(20)15-4-6-19/h7-8,11,19H,2-6,9-10H2,1H3,(H,15,20). The molecule has 0 saturated carbocycles. The summed E-state index contributed by atoms with van der Waals surface area (Å²) in [5.41, 5.74) is 0.531. The van der Waals surface area contributed by atoms with Gasteiger partial charge in [0, 0.05) is 25.7 Å². The van der Waals surface area contributed by atoms with E-state index in [0.29, 0.717) is 5.92 Å². The van der Waals surface area contributed by atoms with Crippen molar-refractivity contribution in [3.63, 3.8) is 0 Å². The van der Waals surface area contributed by atoms with Crippen LogP contribution < -0.4 is 15.8 Å². The van der Waals surface area contributed by atoms with Gasteiger partial charge in [-0.25, -0.2) is 4.68 Å². The smallest absolute Gasteiger partial charge is 0.269 e. The van der Waals surface area contributed by atoms with E-state index in [9.17, 15) is 9.59 Å². The minimum absolute atomic E-state index is 0.125. The number of nitrogens with one attached hydrogen (secondary N) is 1. The summed E-state index contributed by atoms with van der Waals surface area (Å²) < 4.78 is 1.13. The number of aliphatic hydroxyl groups excluding tert-OH is 1. The minimum atomic E-state index is -0.335. The molecule has 21 heavy (non-hydrogen) atoms. The number of rotatable bonds is 5. The van der Waals surface area contributed by atoms with Gasteiger partial charge in [-0.3, -0.25) is 9.59 Å². The molecule has 1 atom stereocenters. The Balaban J connectivity index is 2.03. The van der Waals surface area contributed by atoms with Gasteiger partial charge < -0.3 is 15.3 Å². The van der Waals surface area contributed by atoms with Crippen molar-refractivity contribution in [2.24, 2.45) is 5.92 Å². The zero-order valence-electron chi connectivity index (χ0n) is 12.3. The second-order valence-electron chi connectivity index (χ2n) is 5.48. The molecule has 0 aliphatic carbocycles. The molecule has 2 rings (SSSR count). The number of hydrogen-bond acceptors (Lipinski definition) is 5. The predicted octanol–water partition coefficient (Wildman–Crippen LogP) is -0.412. The zero-order chi connectivity index (χ0) is 15.2. The van der Waals surface area contributed by atoms with Crippen LogP contribution in [0.2, 0.25) is 0 Å². The van der Waals surface area contributed by atoms with E-state index in [1.807, 2.05) is 0 Å². The number of carbonyl (C=O) groups excluding carboxylic acids is 1. The third-order valence-corrected chi connectivity index (χ3v) is 3.60. The lowest BCUT2D eigenvalue weighted by atomic mass is 10.00. The zero-order valence-corrected chi connectivity index (χ0v) is 12.3. The number of piperidine rings is 1. The first kappa shape index (κ1) is 15.5. The quantitative estimate of drug-likeness (QED) is 0.771. The molecule has 0 aromatic carbocycles. The van der Waals surface area contributed by atoms with Crippen molar-refractivity contribution in [3.8, 4) is 0 Å². The first-order valence-electron chi connectivity index (χ1n) is 7.30. The van der Waals surface area contributed by atoms with Crippen LogP contribution in [0, 0.1) is 5.92 Å². The van der Waals surface area contributed by atoms with E-state index < -0.39 is 0 Å². The van der Waals surface area contributed by atoms with Crippen LogP contribution in [0.4, 0.5) is 5.69 Å². The molecule has 1 aliphatic heterocycles. The highest BCUT2D eigenvalue weighted by atomic mass is 16.3. The number of carbonyl (C=O) groups is 1. The van der Waals surface area contributed by atoms with Gasteiger partial charge in [0.05, 0.1) is 18.5 Å². The van der Waals surface area contributed by atoms with Gasteiger partial charge in [0.2, 0.25) is 5.91 Å². The Morgan fingerprint density at radius 2 is 2.38 bits per heavy atom. The Bertz CT molecular complexity index is 543. The van der Waals surface area contributed by atoms with Crippen molar-refractivity contribution in [2.75, 3.05) is 31.1 Å². The summed E-state index contributed by atoms with van der Waals surface area (Å²) in [7, 11) is 0. The summed E-state index contributed by atoms with van der Waals surface area (Å²) in [6, 6.07) is 1.53. The second kappa shape index (κ2) is 7.21. The van der Waals surface area contributed by atoms with Gasteiger partial charge in [0.25, 0.3) is 5.56 Å². The van der Waals surface area contributed by atoms with Gasteiger partial charge >= 0.3 is 0 Å². The summed E-state index contributed by atoms with van der Waals surface area (Å²) in [6.07, 6.45) is 3.97. The van der Waals surface area contributed by atoms with Gasteiger partial charge in [0.1, 0.15) is 6.54 Å². The third-order valence-electron chi connectivity index (χ3n) is 3.60. The molecule has 2 N–H and O–H groups in total. The van der Waals surface area contributed by atoms with Crippen LogP contribution in [-0.2, 0) is 11.3 Å². The fraction of sp³-hybridized carbons (Fsp3) is 0.643. The predicted molar refractivity (Wildman–Crippen MR) is 79.2 cm³/mol. The van der Waals surface area contributed by atoms with Crippen molar-refractivity contribution < 1.29 is 9.90 Å².